The highest BCUT2D eigenvalue weighted by atomic mass is 127. The van der Waals surface area contributed by atoms with Crippen LogP contribution in [0.5, 0.6) is 11.5 Å². The zero-order chi connectivity index (χ0) is 20.5. The molecule has 148 valence electrons. The quantitative estimate of drug-likeness (QED) is 0.190. The molecule has 0 atom stereocenters. The van der Waals surface area contributed by atoms with Crippen LogP contribution in [0.1, 0.15) is 22.8 Å². The van der Waals surface area contributed by atoms with Crippen molar-refractivity contribution in [2.75, 3.05) is 20.3 Å². The molecule has 0 radical (unpaired) electrons. The number of methoxy groups -OCH3 is 1. The first kappa shape index (κ1) is 21.9. The second-order valence-electron chi connectivity index (χ2n) is 5.17. The number of nitrogens with zero attached hydrogens (tertiary/aromatic N) is 2. The summed E-state index contributed by atoms with van der Waals surface area (Å²) in [5, 5.41) is 4.03. The smallest absolute Gasteiger partial charge is 0.343 e. The predicted octanol–water partition coefficient (Wildman–Crippen LogP) is 3.05. The van der Waals surface area contributed by atoms with Crippen LogP contribution in [0.2, 0.25) is 5.15 Å². The van der Waals surface area contributed by atoms with E-state index in [1.54, 1.807) is 24.3 Å². The lowest BCUT2D eigenvalue weighted by atomic mass is 10.2. The number of ether oxygens (including phenoxy) is 3. The van der Waals surface area contributed by atoms with Crippen molar-refractivity contribution in [1.29, 1.82) is 0 Å². The molecule has 1 amide bonds. The molecule has 0 aliphatic heterocycles. The van der Waals surface area contributed by atoms with Crippen molar-refractivity contribution in [1.82, 2.24) is 10.4 Å². The molecule has 1 aromatic carbocycles. The van der Waals surface area contributed by atoms with Crippen LogP contribution in [-0.2, 0) is 9.53 Å². The second-order valence-corrected chi connectivity index (χ2v) is 6.69. The SMILES string of the molecule is CCOc1cc(C=NNC(=O)c2cccnc2Cl)cc(I)c1OCC(=O)OC. The fourth-order valence-electron chi connectivity index (χ4n) is 2.04. The molecule has 0 bridgehead atoms. The molecule has 0 spiro atoms. The van der Waals surface area contributed by atoms with Gasteiger partial charge in [0.1, 0.15) is 5.15 Å². The van der Waals surface area contributed by atoms with E-state index in [0.717, 1.165) is 0 Å². The Bertz CT molecular complexity index is 892. The Hall–Kier alpha value is -2.40. The van der Waals surface area contributed by atoms with E-state index < -0.39 is 11.9 Å². The molecule has 2 aromatic rings. The molecule has 1 heterocycles. The normalized spacial score (nSPS) is 10.6. The Kier molecular flexibility index (Phi) is 8.45. The number of carbonyl (C=O) groups excluding carboxylic acids is 2. The van der Waals surface area contributed by atoms with Gasteiger partial charge >= 0.3 is 5.97 Å². The van der Waals surface area contributed by atoms with E-state index in [4.69, 9.17) is 21.1 Å². The number of carbonyl (C=O) groups is 2. The summed E-state index contributed by atoms with van der Waals surface area (Å²) in [4.78, 5) is 27.2. The molecular formula is C18H17ClIN3O5. The minimum Gasteiger partial charge on any atom is -0.490 e. The summed E-state index contributed by atoms with van der Waals surface area (Å²) in [6, 6.07) is 6.60. The average molecular weight is 518 g/mol. The number of pyridine rings is 1. The van der Waals surface area contributed by atoms with E-state index in [1.807, 2.05) is 6.92 Å². The summed E-state index contributed by atoms with van der Waals surface area (Å²) in [6.07, 6.45) is 2.94. The number of hydrogen-bond acceptors (Lipinski definition) is 7. The molecule has 0 unspecified atom stereocenters. The third-order valence-corrected chi connectivity index (χ3v) is 4.38. The Morgan fingerprint density at radius 1 is 1.36 bits per heavy atom. The molecule has 28 heavy (non-hydrogen) atoms. The van der Waals surface area contributed by atoms with Gasteiger partial charge in [0.25, 0.3) is 5.91 Å². The molecule has 0 saturated heterocycles. The number of halogens is 2. The average Bonchev–Trinajstić information content (AvgIpc) is 2.67. The van der Waals surface area contributed by atoms with Crippen molar-refractivity contribution < 1.29 is 23.8 Å². The Morgan fingerprint density at radius 2 is 2.14 bits per heavy atom. The van der Waals surface area contributed by atoms with Crippen LogP contribution in [0.4, 0.5) is 0 Å². The van der Waals surface area contributed by atoms with E-state index in [1.165, 1.54) is 19.5 Å². The first-order valence-corrected chi connectivity index (χ1v) is 9.51. The maximum Gasteiger partial charge on any atom is 0.343 e. The van der Waals surface area contributed by atoms with E-state index >= 15 is 0 Å². The van der Waals surface area contributed by atoms with Gasteiger partial charge in [0.2, 0.25) is 0 Å². The fraction of sp³-hybridized carbons (Fsp3) is 0.222. The predicted molar refractivity (Wildman–Crippen MR) is 112 cm³/mol. The topological polar surface area (TPSA) is 99.1 Å². The molecule has 2 rings (SSSR count). The molecular weight excluding hydrogens is 501 g/mol. The number of rotatable bonds is 8. The van der Waals surface area contributed by atoms with Crippen molar-refractivity contribution in [3.8, 4) is 11.5 Å². The third kappa shape index (κ3) is 6.06. The summed E-state index contributed by atoms with van der Waals surface area (Å²) in [5.74, 6) is -0.106. The van der Waals surface area contributed by atoms with E-state index in [9.17, 15) is 9.59 Å². The number of benzene rings is 1. The van der Waals surface area contributed by atoms with Gasteiger partial charge in [-0.3, -0.25) is 4.79 Å². The van der Waals surface area contributed by atoms with Gasteiger partial charge in [0.15, 0.2) is 18.1 Å². The monoisotopic (exact) mass is 517 g/mol. The summed E-state index contributed by atoms with van der Waals surface area (Å²) in [7, 11) is 1.28. The van der Waals surface area contributed by atoms with Crippen LogP contribution in [0.3, 0.4) is 0 Å². The Morgan fingerprint density at radius 3 is 2.82 bits per heavy atom. The van der Waals surface area contributed by atoms with Crippen molar-refractivity contribution in [2.24, 2.45) is 5.10 Å². The zero-order valence-electron chi connectivity index (χ0n) is 15.1. The van der Waals surface area contributed by atoms with Crippen molar-refractivity contribution in [2.45, 2.75) is 6.92 Å². The van der Waals surface area contributed by atoms with Gasteiger partial charge in [-0.15, -0.1) is 0 Å². The number of nitrogens with one attached hydrogen (secondary N) is 1. The fourth-order valence-corrected chi connectivity index (χ4v) is 3.02. The maximum absolute atomic E-state index is 12.1. The van der Waals surface area contributed by atoms with Crippen molar-refractivity contribution in [3.05, 3.63) is 50.3 Å². The highest BCUT2D eigenvalue weighted by Gasteiger charge is 2.14. The molecule has 8 nitrogen and oxygen atoms in total. The number of hydrazone groups is 1. The molecule has 0 saturated carbocycles. The highest BCUT2D eigenvalue weighted by Crippen LogP contribution is 2.34. The van der Waals surface area contributed by atoms with Gasteiger partial charge in [-0.1, -0.05) is 11.6 Å². The molecule has 0 aliphatic rings. The van der Waals surface area contributed by atoms with Crippen molar-refractivity contribution in [3.63, 3.8) is 0 Å². The van der Waals surface area contributed by atoms with Gasteiger partial charge in [0.05, 0.1) is 29.1 Å². The lowest BCUT2D eigenvalue weighted by Crippen LogP contribution is -2.18. The van der Waals surface area contributed by atoms with Crippen LogP contribution in [-0.4, -0.2) is 43.4 Å². The van der Waals surface area contributed by atoms with Gasteiger partial charge in [0, 0.05) is 6.20 Å². The largest absolute Gasteiger partial charge is 0.490 e. The Balaban J connectivity index is 2.14. The first-order valence-electron chi connectivity index (χ1n) is 8.06. The van der Waals surface area contributed by atoms with Gasteiger partial charge in [-0.25, -0.2) is 15.2 Å². The Labute approximate surface area is 180 Å². The van der Waals surface area contributed by atoms with Gasteiger partial charge in [-0.05, 0) is 59.3 Å². The zero-order valence-corrected chi connectivity index (χ0v) is 18.0. The van der Waals surface area contributed by atoms with Crippen LogP contribution in [0, 0.1) is 3.57 Å². The number of esters is 1. The van der Waals surface area contributed by atoms with Gasteiger partial charge in [-0.2, -0.15) is 5.10 Å². The summed E-state index contributed by atoms with van der Waals surface area (Å²) >= 11 is 7.94. The molecule has 10 heteroatoms. The van der Waals surface area contributed by atoms with E-state index in [-0.39, 0.29) is 17.3 Å². The third-order valence-electron chi connectivity index (χ3n) is 3.28. The second kappa shape index (κ2) is 10.8. The summed E-state index contributed by atoms with van der Waals surface area (Å²) in [6.45, 7) is 2.00. The number of aromatic nitrogens is 1. The molecule has 0 fully saturated rings. The van der Waals surface area contributed by atoms with Crippen LogP contribution in [0.25, 0.3) is 0 Å². The maximum atomic E-state index is 12.1. The summed E-state index contributed by atoms with van der Waals surface area (Å²) in [5.41, 5.74) is 3.27. The molecule has 1 aromatic heterocycles. The minimum absolute atomic E-state index is 0.0930. The van der Waals surface area contributed by atoms with Gasteiger partial charge < -0.3 is 14.2 Å². The summed E-state index contributed by atoms with van der Waals surface area (Å²) < 4.78 is 16.4. The van der Waals surface area contributed by atoms with Crippen LogP contribution >= 0.6 is 34.2 Å². The van der Waals surface area contributed by atoms with Crippen LogP contribution < -0.4 is 14.9 Å². The lowest BCUT2D eigenvalue weighted by Gasteiger charge is -2.14. The van der Waals surface area contributed by atoms with Crippen LogP contribution in [0.15, 0.2) is 35.6 Å². The first-order chi connectivity index (χ1) is 13.5. The molecule has 1 N–H and O–H groups in total. The lowest BCUT2D eigenvalue weighted by molar-refractivity contribution is -0.142. The van der Waals surface area contributed by atoms with E-state index in [2.05, 4.69) is 42.8 Å². The number of amides is 1. The standard InChI is InChI=1S/C18H17ClIN3O5/c1-3-27-14-8-11(7-13(20)16(14)28-10-15(24)26-2)9-22-23-18(25)12-5-4-6-21-17(12)19/h4-9H,3,10H2,1-2H3,(H,23,25). The number of hydrogen-bond donors (Lipinski definition) is 1. The molecule has 0 aliphatic carbocycles. The highest BCUT2D eigenvalue weighted by molar-refractivity contribution is 14.1. The minimum atomic E-state index is -0.499. The van der Waals surface area contributed by atoms with E-state index in [0.29, 0.717) is 27.2 Å². The van der Waals surface area contributed by atoms with Crippen molar-refractivity contribution >= 4 is 52.3 Å².